The molecule has 0 aliphatic rings. The van der Waals surface area contributed by atoms with Crippen molar-refractivity contribution in [1.82, 2.24) is 23.7 Å². The molecule has 0 bridgehead atoms. The number of hydrogen-bond acceptors (Lipinski definition) is 5. The lowest BCUT2D eigenvalue weighted by Gasteiger charge is -2.15. The standard InChI is InChI=1S/C17H22N6O2/c1-4-12-10-20-15-13(16(24)22(3)17(25)21(15)2)14(12)19-6-5-8-23-9-7-18-11-23/h7,9-11H,4-6,8H2,1-3H3,(H,19,20). The molecule has 0 fully saturated rings. The minimum absolute atomic E-state index is 0.321. The average molecular weight is 342 g/mol. The van der Waals surface area contributed by atoms with Crippen molar-refractivity contribution >= 4 is 16.7 Å². The summed E-state index contributed by atoms with van der Waals surface area (Å²) in [5.74, 6) is 0. The van der Waals surface area contributed by atoms with E-state index in [0.717, 1.165) is 35.2 Å². The van der Waals surface area contributed by atoms with Gasteiger partial charge in [0.15, 0.2) is 5.65 Å². The molecule has 0 radical (unpaired) electrons. The van der Waals surface area contributed by atoms with Crippen LogP contribution in [0.25, 0.3) is 11.0 Å². The number of nitrogens with zero attached hydrogens (tertiary/aromatic N) is 5. The highest BCUT2D eigenvalue weighted by Crippen LogP contribution is 2.22. The summed E-state index contributed by atoms with van der Waals surface area (Å²) in [7, 11) is 3.12. The Morgan fingerprint density at radius 1 is 1.20 bits per heavy atom. The van der Waals surface area contributed by atoms with Gasteiger partial charge in [0.2, 0.25) is 0 Å². The van der Waals surface area contributed by atoms with Gasteiger partial charge in [-0.3, -0.25) is 13.9 Å². The molecule has 0 aliphatic heterocycles. The van der Waals surface area contributed by atoms with E-state index >= 15 is 0 Å². The van der Waals surface area contributed by atoms with Crippen LogP contribution in [0, 0.1) is 0 Å². The van der Waals surface area contributed by atoms with Gasteiger partial charge in [0.1, 0.15) is 5.39 Å². The number of aryl methyl sites for hydroxylation is 3. The minimum Gasteiger partial charge on any atom is -0.384 e. The van der Waals surface area contributed by atoms with E-state index in [1.54, 1.807) is 25.8 Å². The van der Waals surface area contributed by atoms with Crippen LogP contribution in [0.15, 0.2) is 34.5 Å². The third kappa shape index (κ3) is 3.07. The van der Waals surface area contributed by atoms with Crippen molar-refractivity contribution in [3.63, 3.8) is 0 Å². The first-order valence-corrected chi connectivity index (χ1v) is 8.31. The maximum Gasteiger partial charge on any atom is 0.332 e. The summed E-state index contributed by atoms with van der Waals surface area (Å²) in [6.07, 6.45) is 8.83. The van der Waals surface area contributed by atoms with E-state index < -0.39 is 0 Å². The van der Waals surface area contributed by atoms with Crippen molar-refractivity contribution in [2.45, 2.75) is 26.3 Å². The average Bonchev–Trinajstić information content (AvgIpc) is 3.14. The Hall–Kier alpha value is -2.90. The molecule has 3 rings (SSSR count). The maximum atomic E-state index is 12.7. The van der Waals surface area contributed by atoms with Crippen molar-refractivity contribution in [1.29, 1.82) is 0 Å². The Labute approximate surface area is 144 Å². The molecule has 0 saturated carbocycles. The van der Waals surface area contributed by atoms with Gasteiger partial charge in [-0.15, -0.1) is 0 Å². The Morgan fingerprint density at radius 2 is 2.00 bits per heavy atom. The third-order valence-corrected chi connectivity index (χ3v) is 4.38. The molecule has 0 unspecified atom stereocenters. The molecule has 3 aromatic heterocycles. The smallest absolute Gasteiger partial charge is 0.332 e. The molecule has 25 heavy (non-hydrogen) atoms. The second-order valence-electron chi connectivity index (χ2n) is 6.00. The monoisotopic (exact) mass is 342 g/mol. The van der Waals surface area contributed by atoms with Crippen LogP contribution in [-0.2, 0) is 27.1 Å². The van der Waals surface area contributed by atoms with Crippen LogP contribution in [-0.4, -0.2) is 30.2 Å². The maximum absolute atomic E-state index is 12.7. The lowest BCUT2D eigenvalue weighted by atomic mass is 10.1. The zero-order valence-corrected chi connectivity index (χ0v) is 14.7. The van der Waals surface area contributed by atoms with Gasteiger partial charge >= 0.3 is 5.69 Å². The van der Waals surface area contributed by atoms with Crippen LogP contribution in [0.2, 0.25) is 0 Å². The van der Waals surface area contributed by atoms with E-state index in [9.17, 15) is 9.59 Å². The molecule has 0 amide bonds. The molecule has 1 N–H and O–H groups in total. The fraction of sp³-hybridized carbons (Fsp3) is 0.412. The summed E-state index contributed by atoms with van der Waals surface area (Å²) in [6, 6.07) is 0. The number of pyridine rings is 1. The number of imidazole rings is 1. The molecular weight excluding hydrogens is 320 g/mol. The lowest BCUT2D eigenvalue weighted by Crippen LogP contribution is -2.37. The molecule has 0 spiro atoms. The highest BCUT2D eigenvalue weighted by atomic mass is 16.2. The van der Waals surface area contributed by atoms with Crippen molar-refractivity contribution in [2.75, 3.05) is 11.9 Å². The number of nitrogens with one attached hydrogen (secondary N) is 1. The van der Waals surface area contributed by atoms with Crippen LogP contribution in [0.5, 0.6) is 0 Å². The topological polar surface area (TPSA) is 86.7 Å². The highest BCUT2D eigenvalue weighted by Gasteiger charge is 2.16. The Morgan fingerprint density at radius 3 is 2.68 bits per heavy atom. The summed E-state index contributed by atoms with van der Waals surface area (Å²) in [5.41, 5.74) is 1.45. The van der Waals surface area contributed by atoms with Crippen molar-refractivity contribution in [3.05, 3.63) is 51.3 Å². The number of aromatic nitrogens is 5. The molecular formula is C17H22N6O2. The van der Waals surface area contributed by atoms with E-state index in [-0.39, 0.29) is 11.2 Å². The van der Waals surface area contributed by atoms with Gasteiger partial charge < -0.3 is 9.88 Å². The molecule has 3 heterocycles. The first-order valence-electron chi connectivity index (χ1n) is 8.31. The van der Waals surface area contributed by atoms with Gasteiger partial charge in [-0.05, 0) is 18.4 Å². The van der Waals surface area contributed by atoms with Crippen LogP contribution in [0.3, 0.4) is 0 Å². The van der Waals surface area contributed by atoms with Gasteiger partial charge in [-0.1, -0.05) is 6.92 Å². The molecule has 8 heteroatoms. The second-order valence-corrected chi connectivity index (χ2v) is 6.00. The zero-order valence-electron chi connectivity index (χ0n) is 14.7. The second kappa shape index (κ2) is 6.92. The van der Waals surface area contributed by atoms with Gasteiger partial charge in [-0.25, -0.2) is 14.8 Å². The van der Waals surface area contributed by atoms with Gasteiger partial charge in [0.25, 0.3) is 5.56 Å². The van der Waals surface area contributed by atoms with Gasteiger partial charge in [0.05, 0.1) is 12.0 Å². The Bertz CT molecular complexity index is 1000. The lowest BCUT2D eigenvalue weighted by molar-refractivity contribution is 0.660. The highest BCUT2D eigenvalue weighted by molar-refractivity contribution is 5.90. The van der Waals surface area contributed by atoms with Gasteiger partial charge in [0, 0.05) is 45.8 Å². The van der Waals surface area contributed by atoms with Crippen LogP contribution >= 0.6 is 0 Å². The fourth-order valence-electron chi connectivity index (χ4n) is 2.93. The summed E-state index contributed by atoms with van der Waals surface area (Å²) in [4.78, 5) is 33.2. The van der Waals surface area contributed by atoms with Crippen LogP contribution < -0.4 is 16.6 Å². The fourth-order valence-corrected chi connectivity index (χ4v) is 2.93. The molecule has 3 aromatic rings. The quantitative estimate of drug-likeness (QED) is 0.673. The number of rotatable bonds is 6. The van der Waals surface area contributed by atoms with E-state index in [1.807, 2.05) is 17.7 Å². The Kier molecular flexibility index (Phi) is 4.69. The predicted molar refractivity (Wildman–Crippen MR) is 96.9 cm³/mol. The normalized spacial score (nSPS) is 11.2. The van der Waals surface area contributed by atoms with Crippen molar-refractivity contribution in [2.24, 2.45) is 14.1 Å². The van der Waals surface area contributed by atoms with Crippen LogP contribution in [0.1, 0.15) is 18.9 Å². The molecule has 0 aliphatic carbocycles. The van der Waals surface area contributed by atoms with E-state index in [2.05, 4.69) is 15.3 Å². The molecule has 8 nitrogen and oxygen atoms in total. The number of fused-ring (bicyclic) bond motifs is 1. The molecule has 132 valence electrons. The van der Waals surface area contributed by atoms with E-state index in [4.69, 9.17) is 0 Å². The van der Waals surface area contributed by atoms with Crippen molar-refractivity contribution in [3.8, 4) is 0 Å². The molecule has 0 atom stereocenters. The SMILES string of the molecule is CCc1cnc2c(c1NCCCn1ccnc1)c(=O)n(C)c(=O)n2C. The number of hydrogen-bond donors (Lipinski definition) is 1. The zero-order chi connectivity index (χ0) is 18.0. The first-order chi connectivity index (χ1) is 12.0. The summed E-state index contributed by atoms with van der Waals surface area (Å²) in [5, 5.41) is 3.85. The summed E-state index contributed by atoms with van der Waals surface area (Å²) < 4.78 is 4.54. The summed E-state index contributed by atoms with van der Waals surface area (Å²) >= 11 is 0. The molecule has 0 saturated heterocycles. The van der Waals surface area contributed by atoms with Crippen LogP contribution in [0.4, 0.5) is 5.69 Å². The molecule has 0 aromatic carbocycles. The minimum atomic E-state index is -0.375. The largest absolute Gasteiger partial charge is 0.384 e. The van der Waals surface area contributed by atoms with Crippen molar-refractivity contribution < 1.29 is 0 Å². The third-order valence-electron chi connectivity index (χ3n) is 4.38. The van der Waals surface area contributed by atoms with E-state index in [1.165, 1.54) is 11.6 Å². The Balaban J connectivity index is 1.97. The predicted octanol–water partition coefficient (Wildman–Crippen LogP) is 0.893. The van der Waals surface area contributed by atoms with Gasteiger partial charge in [-0.2, -0.15) is 0 Å². The van der Waals surface area contributed by atoms with E-state index in [0.29, 0.717) is 17.6 Å². The first kappa shape index (κ1) is 16.9. The number of anilines is 1. The summed E-state index contributed by atoms with van der Waals surface area (Å²) in [6.45, 7) is 3.57.